The summed E-state index contributed by atoms with van der Waals surface area (Å²) in [6.45, 7) is 10.8. The van der Waals surface area contributed by atoms with E-state index in [1.807, 2.05) is 36.1 Å². The second-order valence-corrected chi connectivity index (χ2v) is 19.3. The van der Waals surface area contributed by atoms with Crippen molar-refractivity contribution in [2.75, 3.05) is 68.9 Å². The fourth-order valence-corrected chi connectivity index (χ4v) is 9.80. The number of anilines is 3. The van der Waals surface area contributed by atoms with E-state index in [-0.39, 0.29) is 85.1 Å². The Hall–Kier alpha value is -6.70. The van der Waals surface area contributed by atoms with Gasteiger partial charge in [-0.3, -0.25) is 10.2 Å². The summed E-state index contributed by atoms with van der Waals surface area (Å²) in [6, 6.07) is 18.7. The number of alkyl halides is 3. The highest BCUT2D eigenvalue weighted by atomic mass is 35.5. The molecule has 3 aliphatic heterocycles. The minimum absolute atomic E-state index is 0.00227. The van der Waals surface area contributed by atoms with Crippen LogP contribution in [0.3, 0.4) is 0 Å². The molecule has 20 heteroatoms. The third-order valence-corrected chi connectivity index (χ3v) is 13.3. The number of aromatic nitrogens is 4. The molecular formula is C52H55ClF4N8O7. The number of nitrogens with one attached hydrogen (secondary N) is 1. The van der Waals surface area contributed by atoms with Gasteiger partial charge in [-0.15, -0.1) is 0 Å². The Morgan fingerprint density at radius 1 is 0.958 bits per heavy atom. The van der Waals surface area contributed by atoms with E-state index in [9.17, 15) is 4.79 Å². The first kappa shape index (κ1) is 50.2. The number of fused-ring (bicyclic) bond motifs is 1. The molecular weight excluding hydrogens is 960 g/mol. The van der Waals surface area contributed by atoms with Gasteiger partial charge in [-0.2, -0.15) is 23.1 Å². The maximum Gasteiger partial charge on any atom is 0.418 e. The molecule has 9 rings (SSSR count). The number of amides is 1. The van der Waals surface area contributed by atoms with Crippen LogP contribution in [0.25, 0.3) is 22.2 Å². The molecule has 6 heterocycles. The number of aryl methyl sites for hydroxylation is 1. The number of pyridine rings is 2. The van der Waals surface area contributed by atoms with E-state index in [0.717, 1.165) is 17.5 Å². The Balaban J connectivity index is 1.20. The van der Waals surface area contributed by atoms with E-state index in [0.29, 0.717) is 36.8 Å². The Kier molecular flexibility index (Phi) is 14.3. The highest BCUT2D eigenvalue weighted by molar-refractivity contribution is 6.36. The predicted octanol–water partition coefficient (Wildman–Crippen LogP) is 10.6. The van der Waals surface area contributed by atoms with Crippen LogP contribution in [0.15, 0.2) is 72.9 Å². The Bertz CT molecular complexity index is 2910. The van der Waals surface area contributed by atoms with Crippen molar-refractivity contribution in [2.45, 2.75) is 84.0 Å². The van der Waals surface area contributed by atoms with Crippen LogP contribution >= 0.6 is 11.6 Å². The number of carbonyl (C=O) groups excluding carboxylic acids is 1. The molecule has 1 amide bonds. The molecule has 6 aromatic rings. The molecule has 0 unspecified atom stereocenters. The minimum atomic E-state index is -5.02. The molecule has 0 aliphatic carbocycles. The van der Waals surface area contributed by atoms with Crippen molar-refractivity contribution in [3.63, 3.8) is 0 Å². The van der Waals surface area contributed by atoms with Crippen molar-refractivity contribution < 1.29 is 50.8 Å². The standard InChI is InChI=1S/C52H55ClF4N8O7/c1-29-23-38(63(25-31-10-14-35(67-6)15-11-31)26-32-12-16-36(68-7)17-13-32)59-44(41(29)52(55,56)57)39-42(53)46-40-45(43(39)54)60-49(71-28-34-24-33-27-69-21-19-65(33)34)62-48(40)64(20-22-70-46)30(2)37-9-8-18-58-47(37)61-50(66)72-51(3,4)5/h8-18,23,30,33-34H,19-22,24-28H2,1-7H3,(H,58,61,66)/t30-,33-,34+/m1/s1. The number of halogens is 5. The number of benzene rings is 3. The van der Waals surface area contributed by atoms with Gasteiger partial charge in [0.2, 0.25) is 0 Å². The summed E-state index contributed by atoms with van der Waals surface area (Å²) in [4.78, 5) is 37.6. The first-order chi connectivity index (χ1) is 34.4. The quantitative estimate of drug-likeness (QED) is 0.103. The van der Waals surface area contributed by atoms with Gasteiger partial charge in [0.1, 0.15) is 53.3 Å². The SMILES string of the molecule is COc1ccc(CN(Cc2ccc(OC)cc2)c2cc(C)c(C(F)(F)F)c(-c3c(Cl)c4c5c(nc(OC[C@@H]6C[C@@H]7COCCN67)nc5c3F)N([C@H](C)c3cccnc3NC(=O)OC(C)(C)C)CCO4)n2)cc1. The summed E-state index contributed by atoms with van der Waals surface area (Å²) in [6.07, 6.45) is -3.44. The van der Waals surface area contributed by atoms with Crippen LogP contribution in [0.2, 0.25) is 5.02 Å². The number of nitrogens with zero attached hydrogens (tertiary/aromatic N) is 7. The first-order valence-electron chi connectivity index (χ1n) is 23.5. The van der Waals surface area contributed by atoms with Gasteiger partial charge in [0.05, 0.1) is 67.2 Å². The number of rotatable bonds is 14. The number of morpholine rings is 1. The first-order valence-corrected chi connectivity index (χ1v) is 23.9. The summed E-state index contributed by atoms with van der Waals surface area (Å²) in [5.74, 6) is 0.362. The van der Waals surface area contributed by atoms with Crippen LogP contribution in [0.5, 0.6) is 23.3 Å². The van der Waals surface area contributed by atoms with E-state index < -0.39 is 57.1 Å². The van der Waals surface area contributed by atoms with Crippen LogP contribution in [0, 0.1) is 12.7 Å². The van der Waals surface area contributed by atoms with E-state index in [2.05, 4.69) is 20.2 Å². The fraction of sp³-hybridized carbons (Fsp3) is 0.404. The molecule has 3 atom stereocenters. The minimum Gasteiger partial charge on any atom is -0.497 e. The maximum atomic E-state index is 18.2. The largest absolute Gasteiger partial charge is 0.497 e. The lowest BCUT2D eigenvalue weighted by atomic mass is 9.93. The second-order valence-electron chi connectivity index (χ2n) is 18.9. The Morgan fingerprint density at radius 2 is 1.64 bits per heavy atom. The summed E-state index contributed by atoms with van der Waals surface area (Å²) >= 11 is 7.24. The Labute approximate surface area is 419 Å². The highest BCUT2D eigenvalue weighted by Crippen LogP contribution is 2.51. The van der Waals surface area contributed by atoms with E-state index in [1.165, 1.54) is 19.2 Å². The molecule has 15 nitrogen and oxygen atoms in total. The lowest BCUT2D eigenvalue weighted by Gasteiger charge is -2.50. The fourth-order valence-electron chi connectivity index (χ4n) is 9.48. The van der Waals surface area contributed by atoms with Gasteiger partial charge < -0.3 is 38.2 Å². The van der Waals surface area contributed by atoms with Crippen molar-refractivity contribution in [1.82, 2.24) is 24.8 Å². The molecule has 2 saturated heterocycles. The van der Waals surface area contributed by atoms with Gasteiger partial charge in [-0.1, -0.05) is 41.9 Å². The van der Waals surface area contributed by atoms with Crippen LogP contribution in [-0.4, -0.2) is 102 Å². The Morgan fingerprint density at radius 3 is 2.26 bits per heavy atom. The molecule has 3 aliphatic rings. The summed E-state index contributed by atoms with van der Waals surface area (Å²) in [5.41, 5.74) is -1.88. The third-order valence-electron chi connectivity index (χ3n) is 13.0. The maximum absolute atomic E-state index is 18.2. The molecule has 0 bridgehead atoms. The normalized spacial score (nSPS) is 17.2. The number of carbonyl (C=O) groups is 1. The second kappa shape index (κ2) is 20.4. The average Bonchev–Trinajstić information content (AvgIpc) is 3.53. The molecule has 2 fully saturated rings. The van der Waals surface area contributed by atoms with Gasteiger partial charge in [0.15, 0.2) is 11.6 Å². The summed E-state index contributed by atoms with van der Waals surface area (Å²) < 4.78 is 99.5. The average molecular weight is 1020 g/mol. The van der Waals surface area contributed by atoms with Crippen LogP contribution in [0.1, 0.15) is 68.0 Å². The molecule has 380 valence electrons. The number of ether oxygens (including phenoxy) is 6. The van der Waals surface area contributed by atoms with Crippen molar-refractivity contribution >= 4 is 46.1 Å². The summed E-state index contributed by atoms with van der Waals surface area (Å²) in [5, 5.41) is 2.29. The lowest BCUT2D eigenvalue weighted by molar-refractivity contribution is -0.137. The number of methoxy groups -OCH3 is 2. The zero-order valence-electron chi connectivity index (χ0n) is 40.9. The molecule has 0 spiro atoms. The third kappa shape index (κ3) is 10.5. The zero-order valence-corrected chi connectivity index (χ0v) is 41.7. The smallest absolute Gasteiger partial charge is 0.418 e. The number of hydrogen-bond acceptors (Lipinski definition) is 14. The lowest BCUT2D eigenvalue weighted by Crippen LogP contribution is -2.63. The monoisotopic (exact) mass is 1010 g/mol. The molecule has 3 aromatic heterocycles. The van der Waals surface area contributed by atoms with E-state index in [4.69, 9.17) is 50.0 Å². The van der Waals surface area contributed by atoms with Gasteiger partial charge in [0, 0.05) is 43.5 Å². The van der Waals surface area contributed by atoms with Crippen molar-refractivity contribution in [2.24, 2.45) is 0 Å². The molecule has 0 radical (unpaired) electrons. The van der Waals surface area contributed by atoms with Crippen molar-refractivity contribution in [1.29, 1.82) is 0 Å². The van der Waals surface area contributed by atoms with E-state index in [1.54, 1.807) is 76.3 Å². The topological polar surface area (TPSA) is 146 Å². The van der Waals surface area contributed by atoms with Crippen molar-refractivity contribution in [3.8, 4) is 34.5 Å². The predicted molar refractivity (Wildman–Crippen MR) is 264 cm³/mol. The molecule has 0 saturated carbocycles. The molecule has 3 aromatic carbocycles. The van der Waals surface area contributed by atoms with Crippen LogP contribution in [-0.2, 0) is 28.7 Å². The van der Waals surface area contributed by atoms with Gasteiger partial charge in [0.25, 0.3) is 0 Å². The highest BCUT2D eigenvalue weighted by Gasteiger charge is 2.43. The van der Waals surface area contributed by atoms with Gasteiger partial charge in [-0.05, 0) is 94.1 Å². The number of hydrogen-bond donors (Lipinski definition) is 1. The van der Waals surface area contributed by atoms with Crippen LogP contribution in [0.4, 0.5) is 39.8 Å². The molecule has 72 heavy (non-hydrogen) atoms. The zero-order chi connectivity index (χ0) is 51.1. The van der Waals surface area contributed by atoms with E-state index >= 15 is 17.6 Å². The van der Waals surface area contributed by atoms with Crippen molar-refractivity contribution in [3.05, 3.63) is 112 Å². The van der Waals surface area contributed by atoms with Crippen LogP contribution < -0.4 is 34.1 Å². The van der Waals surface area contributed by atoms with Gasteiger partial charge in [-0.25, -0.2) is 19.2 Å². The summed E-state index contributed by atoms with van der Waals surface area (Å²) in [7, 11) is 3.11. The van der Waals surface area contributed by atoms with Gasteiger partial charge >= 0.3 is 18.3 Å². The molecule has 1 N–H and O–H groups in total.